The van der Waals surface area contributed by atoms with Gasteiger partial charge < -0.3 is 10.3 Å². The van der Waals surface area contributed by atoms with Gasteiger partial charge in [-0.05, 0) is 24.6 Å². The molecule has 0 saturated carbocycles. The van der Waals surface area contributed by atoms with Crippen molar-refractivity contribution in [3.8, 4) is 0 Å². The quantitative estimate of drug-likeness (QED) is 0.706. The van der Waals surface area contributed by atoms with Crippen molar-refractivity contribution in [3.63, 3.8) is 0 Å². The fourth-order valence-corrected chi connectivity index (χ4v) is 2.60. The molecule has 0 fully saturated rings. The van der Waals surface area contributed by atoms with Gasteiger partial charge in [-0.2, -0.15) is 0 Å². The third-order valence-corrected chi connectivity index (χ3v) is 3.81. The average molecular weight is 289 g/mol. The maximum atomic E-state index is 13.8. The van der Waals surface area contributed by atoms with E-state index in [2.05, 4.69) is 10.3 Å². The molecule has 2 nitrogen and oxygen atoms in total. The Balaban J connectivity index is 1.89. The molecule has 4 heteroatoms. The molecule has 0 amide bonds. The van der Waals surface area contributed by atoms with Crippen LogP contribution in [0.25, 0.3) is 10.9 Å². The zero-order valence-electron chi connectivity index (χ0n) is 11.0. The number of fused-ring (bicyclic) bond motifs is 1. The number of anilines is 1. The minimum atomic E-state index is -0.253. The maximum absolute atomic E-state index is 13.8. The Labute approximate surface area is 121 Å². The maximum Gasteiger partial charge on any atom is 0.146 e. The van der Waals surface area contributed by atoms with Crippen LogP contribution in [0.15, 0.2) is 42.5 Å². The summed E-state index contributed by atoms with van der Waals surface area (Å²) in [7, 11) is 0. The molecule has 0 spiro atoms. The zero-order chi connectivity index (χ0) is 14.1. The van der Waals surface area contributed by atoms with E-state index in [1.807, 2.05) is 37.3 Å². The lowest BCUT2D eigenvalue weighted by Crippen LogP contribution is -2.03. The molecule has 1 heterocycles. The van der Waals surface area contributed by atoms with Crippen molar-refractivity contribution < 1.29 is 4.39 Å². The number of aryl methyl sites for hydroxylation is 1. The van der Waals surface area contributed by atoms with E-state index in [1.54, 1.807) is 6.07 Å². The van der Waals surface area contributed by atoms with Crippen LogP contribution >= 0.6 is 11.6 Å². The summed E-state index contributed by atoms with van der Waals surface area (Å²) in [6, 6.07) is 12.9. The van der Waals surface area contributed by atoms with Gasteiger partial charge in [0.1, 0.15) is 5.82 Å². The van der Waals surface area contributed by atoms with E-state index in [1.165, 1.54) is 6.07 Å². The lowest BCUT2D eigenvalue weighted by atomic mass is 10.2. The van der Waals surface area contributed by atoms with Crippen molar-refractivity contribution in [2.45, 2.75) is 13.5 Å². The van der Waals surface area contributed by atoms with Crippen molar-refractivity contribution >= 4 is 28.2 Å². The van der Waals surface area contributed by atoms with Crippen molar-refractivity contribution in [3.05, 3.63) is 64.6 Å². The summed E-state index contributed by atoms with van der Waals surface area (Å²) in [6.07, 6.45) is 0. The lowest BCUT2D eigenvalue weighted by molar-refractivity contribution is 0.629. The van der Waals surface area contributed by atoms with Gasteiger partial charge in [-0.25, -0.2) is 4.39 Å². The standard InChI is InChI=1S/C16H14ClFN2/c1-10-5-4-7-12(18)16(10)19-9-14-15(17)11-6-2-3-8-13(11)20-14/h2-8,19-20H,9H2,1H3. The molecule has 0 aliphatic rings. The molecule has 2 N–H and O–H groups in total. The summed E-state index contributed by atoms with van der Waals surface area (Å²) < 4.78 is 13.8. The third kappa shape index (κ3) is 2.25. The van der Waals surface area contributed by atoms with E-state index in [4.69, 9.17) is 11.6 Å². The number of hydrogen-bond donors (Lipinski definition) is 2. The minimum absolute atomic E-state index is 0.253. The number of halogens is 2. The number of aromatic amines is 1. The molecule has 1 aromatic heterocycles. The van der Waals surface area contributed by atoms with Crippen molar-refractivity contribution in [2.24, 2.45) is 0 Å². The Morgan fingerprint density at radius 1 is 1.15 bits per heavy atom. The summed E-state index contributed by atoms with van der Waals surface area (Å²) in [6.45, 7) is 2.33. The van der Waals surface area contributed by atoms with Crippen molar-refractivity contribution in [1.29, 1.82) is 0 Å². The molecule has 102 valence electrons. The molecule has 2 aromatic carbocycles. The van der Waals surface area contributed by atoms with E-state index >= 15 is 0 Å². The highest BCUT2D eigenvalue weighted by Crippen LogP contribution is 2.28. The summed E-state index contributed by atoms with van der Waals surface area (Å²) in [5.74, 6) is -0.253. The van der Waals surface area contributed by atoms with Crippen molar-refractivity contribution in [2.75, 3.05) is 5.32 Å². The second kappa shape index (κ2) is 5.17. The fourth-order valence-electron chi connectivity index (χ4n) is 2.32. The first-order valence-electron chi connectivity index (χ1n) is 6.41. The average Bonchev–Trinajstić information content (AvgIpc) is 2.76. The number of benzene rings is 2. The highest BCUT2D eigenvalue weighted by atomic mass is 35.5. The number of aromatic nitrogens is 1. The van der Waals surface area contributed by atoms with E-state index in [9.17, 15) is 4.39 Å². The number of rotatable bonds is 3. The normalized spacial score (nSPS) is 10.9. The summed E-state index contributed by atoms with van der Waals surface area (Å²) in [5.41, 5.74) is 3.23. The SMILES string of the molecule is Cc1cccc(F)c1NCc1[nH]c2ccccc2c1Cl. The van der Waals surface area contributed by atoms with Gasteiger partial charge in [0.2, 0.25) is 0 Å². The van der Waals surface area contributed by atoms with Gasteiger partial charge in [0.15, 0.2) is 0 Å². The van der Waals surface area contributed by atoms with Crippen LogP contribution < -0.4 is 5.32 Å². The molecule has 0 atom stereocenters. The van der Waals surface area contributed by atoms with Crippen molar-refractivity contribution in [1.82, 2.24) is 4.98 Å². The smallest absolute Gasteiger partial charge is 0.146 e. The predicted octanol–water partition coefficient (Wildman–Crippen LogP) is 4.88. The second-order valence-electron chi connectivity index (χ2n) is 4.75. The predicted molar refractivity (Wildman–Crippen MR) is 81.8 cm³/mol. The highest BCUT2D eigenvalue weighted by molar-refractivity contribution is 6.36. The molecule has 0 saturated heterocycles. The number of nitrogens with one attached hydrogen (secondary N) is 2. The van der Waals surface area contributed by atoms with Gasteiger partial charge >= 0.3 is 0 Å². The second-order valence-corrected chi connectivity index (χ2v) is 5.13. The van der Waals surface area contributed by atoms with Gasteiger partial charge in [-0.1, -0.05) is 41.9 Å². The van der Waals surface area contributed by atoms with Crippen LogP contribution in [0, 0.1) is 12.7 Å². The van der Waals surface area contributed by atoms with Crippen LogP contribution in [0.5, 0.6) is 0 Å². The fraction of sp³-hybridized carbons (Fsp3) is 0.125. The Morgan fingerprint density at radius 3 is 2.70 bits per heavy atom. The van der Waals surface area contributed by atoms with Gasteiger partial charge in [-0.15, -0.1) is 0 Å². The highest BCUT2D eigenvalue weighted by Gasteiger charge is 2.10. The zero-order valence-corrected chi connectivity index (χ0v) is 11.8. The Hall–Kier alpha value is -2.00. The molecular formula is C16H14ClFN2. The Kier molecular flexibility index (Phi) is 3.36. The van der Waals surface area contributed by atoms with E-state index in [0.29, 0.717) is 17.3 Å². The van der Waals surface area contributed by atoms with E-state index in [0.717, 1.165) is 22.2 Å². The third-order valence-electron chi connectivity index (χ3n) is 3.38. The van der Waals surface area contributed by atoms with E-state index in [-0.39, 0.29) is 5.82 Å². The van der Waals surface area contributed by atoms with Gasteiger partial charge in [0.25, 0.3) is 0 Å². The first kappa shape index (κ1) is 13.0. The molecule has 0 aliphatic carbocycles. The monoisotopic (exact) mass is 288 g/mol. The largest absolute Gasteiger partial charge is 0.377 e. The molecule has 0 aliphatic heterocycles. The minimum Gasteiger partial charge on any atom is -0.377 e. The summed E-state index contributed by atoms with van der Waals surface area (Å²) >= 11 is 6.34. The molecule has 0 radical (unpaired) electrons. The number of hydrogen-bond acceptors (Lipinski definition) is 1. The Morgan fingerprint density at radius 2 is 1.95 bits per heavy atom. The first-order valence-corrected chi connectivity index (χ1v) is 6.78. The first-order chi connectivity index (χ1) is 9.66. The molecule has 3 aromatic rings. The summed E-state index contributed by atoms with van der Waals surface area (Å²) in [4.78, 5) is 3.26. The van der Waals surface area contributed by atoms with E-state index < -0.39 is 0 Å². The van der Waals surface area contributed by atoms with Crippen LogP contribution in [0.2, 0.25) is 5.02 Å². The number of para-hydroxylation sites is 2. The Bertz CT molecular complexity index is 744. The van der Waals surface area contributed by atoms with Crippen LogP contribution in [0.1, 0.15) is 11.3 Å². The van der Waals surface area contributed by atoms with Crippen LogP contribution in [0.3, 0.4) is 0 Å². The van der Waals surface area contributed by atoms with Crippen LogP contribution in [0.4, 0.5) is 10.1 Å². The van der Waals surface area contributed by atoms with Crippen LogP contribution in [-0.2, 0) is 6.54 Å². The van der Waals surface area contributed by atoms with Gasteiger partial charge in [-0.3, -0.25) is 0 Å². The topological polar surface area (TPSA) is 27.8 Å². The van der Waals surface area contributed by atoms with Gasteiger partial charge in [0.05, 0.1) is 22.9 Å². The lowest BCUT2D eigenvalue weighted by Gasteiger charge is -2.09. The van der Waals surface area contributed by atoms with Crippen LogP contribution in [-0.4, -0.2) is 4.98 Å². The summed E-state index contributed by atoms with van der Waals surface area (Å²) in [5, 5.41) is 4.77. The molecular weight excluding hydrogens is 275 g/mol. The molecule has 3 rings (SSSR count). The number of H-pyrrole nitrogens is 1. The van der Waals surface area contributed by atoms with Gasteiger partial charge in [0, 0.05) is 10.9 Å². The molecule has 20 heavy (non-hydrogen) atoms. The molecule has 0 unspecified atom stereocenters. The molecule has 0 bridgehead atoms.